The highest BCUT2D eigenvalue weighted by Gasteiger charge is 2.15. The van der Waals surface area contributed by atoms with Crippen molar-refractivity contribution in [2.24, 2.45) is 0 Å². The summed E-state index contributed by atoms with van der Waals surface area (Å²) in [5.41, 5.74) is 7.53. The number of carbonyl (C=O) groups excluding carboxylic acids is 1. The van der Waals surface area contributed by atoms with Crippen LogP contribution >= 0.6 is 0 Å². The monoisotopic (exact) mass is 474 g/mol. The van der Waals surface area contributed by atoms with E-state index in [1.807, 2.05) is 37.3 Å². The van der Waals surface area contributed by atoms with Gasteiger partial charge in [-0.15, -0.1) is 0 Å². The van der Waals surface area contributed by atoms with Crippen LogP contribution in [0.1, 0.15) is 19.8 Å². The van der Waals surface area contributed by atoms with E-state index in [4.69, 9.17) is 0 Å². The summed E-state index contributed by atoms with van der Waals surface area (Å²) in [7, 11) is 0. The van der Waals surface area contributed by atoms with Crippen LogP contribution in [0.4, 0.5) is 5.69 Å². The zero-order chi connectivity index (χ0) is 24.5. The molecule has 3 N–H and O–H groups in total. The Morgan fingerprint density at radius 2 is 1.81 bits per heavy atom. The van der Waals surface area contributed by atoms with Crippen LogP contribution in [-0.2, 0) is 4.79 Å². The predicted octanol–water partition coefficient (Wildman–Crippen LogP) is 5.36. The molecule has 6 rings (SSSR count). The third-order valence-electron chi connectivity index (χ3n) is 6.02. The molecular weight excluding hydrogens is 452 g/mol. The number of rotatable bonds is 6. The summed E-state index contributed by atoms with van der Waals surface area (Å²) in [6.07, 6.45) is 11.7. The third kappa shape index (κ3) is 3.96. The number of hydrogen-bond donors (Lipinski definition) is 3. The maximum Gasteiger partial charge on any atom is 0.224 e. The molecular formula is C27H22N8O. The number of anilines is 1. The van der Waals surface area contributed by atoms with Crippen molar-refractivity contribution in [1.82, 2.24) is 35.1 Å². The standard InChI is InChI=1S/C27H22N8O/c1-2-3-25(36)32-18-10-17(13-29-14-18)22-12-21-24(15-31-22)34-35-26(21)23-11-20-19(6-9-30-27(20)33-23)16-4-7-28-8-5-16/h4-15H,2-3H2,1H3,(H,30,33)(H,32,36)(H,34,35). The number of fused-ring (bicyclic) bond motifs is 2. The van der Waals surface area contributed by atoms with Gasteiger partial charge in [-0.2, -0.15) is 5.10 Å². The Morgan fingerprint density at radius 3 is 2.67 bits per heavy atom. The van der Waals surface area contributed by atoms with E-state index < -0.39 is 0 Å². The Bertz CT molecular complexity index is 1700. The fourth-order valence-electron chi connectivity index (χ4n) is 4.32. The largest absolute Gasteiger partial charge is 0.338 e. The zero-order valence-electron chi connectivity index (χ0n) is 19.5. The minimum Gasteiger partial charge on any atom is -0.338 e. The van der Waals surface area contributed by atoms with Crippen molar-refractivity contribution < 1.29 is 4.79 Å². The van der Waals surface area contributed by atoms with E-state index in [0.717, 1.165) is 62.1 Å². The molecule has 36 heavy (non-hydrogen) atoms. The van der Waals surface area contributed by atoms with Gasteiger partial charge in [0.15, 0.2) is 0 Å². The fraction of sp³-hybridized carbons (Fsp3) is 0.111. The molecule has 6 aromatic heterocycles. The topological polar surface area (TPSA) is 125 Å². The van der Waals surface area contributed by atoms with Gasteiger partial charge in [-0.1, -0.05) is 6.92 Å². The molecule has 0 aliphatic heterocycles. The van der Waals surface area contributed by atoms with Crippen LogP contribution in [0.2, 0.25) is 0 Å². The van der Waals surface area contributed by atoms with Crippen molar-refractivity contribution in [3.8, 4) is 33.8 Å². The Hall–Kier alpha value is -4.92. The summed E-state index contributed by atoms with van der Waals surface area (Å²) < 4.78 is 0. The lowest BCUT2D eigenvalue weighted by Gasteiger charge is -2.06. The molecule has 0 saturated heterocycles. The van der Waals surface area contributed by atoms with Crippen molar-refractivity contribution in [3.63, 3.8) is 0 Å². The second-order valence-electron chi connectivity index (χ2n) is 8.49. The number of pyridine rings is 4. The van der Waals surface area contributed by atoms with Gasteiger partial charge in [-0.25, -0.2) is 4.98 Å². The van der Waals surface area contributed by atoms with Gasteiger partial charge in [0.05, 0.1) is 35.0 Å². The second kappa shape index (κ2) is 9.03. The van der Waals surface area contributed by atoms with Crippen LogP contribution in [0.25, 0.3) is 55.7 Å². The zero-order valence-corrected chi connectivity index (χ0v) is 19.5. The Balaban J connectivity index is 1.40. The van der Waals surface area contributed by atoms with Gasteiger partial charge in [0.2, 0.25) is 5.91 Å². The first-order chi connectivity index (χ1) is 17.7. The molecule has 6 heterocycles. The highest BCUT2D eigenvalue weighted by molar-refractivity contribution is 6.00. The van der Waals surface area contributed by atoms with E-state index in [1.54, 1.807) is 37.2 Å². The minimum atomic E-state index is -0.0319. The first-order valence-electron chi connectivity index (χ1n) is 11.7. The molecule has 9 nitrogen and oxygen atoms in total. The highest BCUT2D eigenvalue weighted by Crippen LogP contribution is 2.34. The van der Waals surface area contributed by atoms with Crippen LogP contribution in [0, 0.1) is 0 Å². The van der Waals surface area contributed by atoms with Crippen LogP contribution in [0.15, 0.2) is 73.6 Å². The summed E-state index contributed by atoms with van der Waals surface area (Å²) in [6.45, 7) is 1.97. The Labute approximate surface area is 206 Å². The predicted molar refractivity (Wildman–Crippen MR) is 139 cm³/mol. The van der Waals surface area contributed by atoms with Crippen LogP contribution in [0.5, 0.6) is 0 Å². The lowest BCUT2D eigenvalue weighted by atomic mass is 10.0. The first kappa shape index (κ1) is 21.6. The van der Waals surface area contributed by atoms with Crippen LogP contribution in [-0.4, -0.2) is 41.0 Å². The second-order valence-corrected chi connectivity index (χ2v) is 8.49. The molecule has 1 amide bonds. The van der Waals surface area contributed by atoms with Crippen LogP contribution in [0.3, 0.4) is 0 Å². The van der Waals surface area contributed by atoms with Gasteiger partial charge in [-0.05, 0) is 53.9 Å². The maximum absolute atomic E-state index is 12.0. The van der Waals surface area contributed by atoms with E-state index in [-0.39, 0.29) is 5.91 Å². The maximum atomic E-state index is 12.0. The van der Waals surface area contributed by atoms with Gasteiger partial charge >= 0.3 is 0 Å². The molecule has 0 spiro atoms. The van der Waals surface area contributed by atoms with E-state index in [2.05, 4.69) is 46.5 Å². The van der Waals surface area contributed by atoms with Gasteiger partial charge < -0.3 is 10.3 Å². The van der Waals surface area contributed by atoms with Crippen molar-refractivity contribution >= 4 is 33.5 Å². The van der Waals surface area contributed by atoms with E-state index in [0.29, 0.717) is 12.1 Å². The van der Waals surface area contributed by atoms with Gasteiger partial charge in [0.1, 0.15) is 11.3 Å². The van der Waals surface area contributed by atoms with E-state index in [9.17, 15) is 4.79 Å². The highest BCUT2D eigenvalue weighted by atomic mass is 16.1. The Morgan fingerprint density at radius 1 is 0.917 bits per heavy atom. The molecule has 6 aromatic rings. The Kier molecular flexibility index (Phi) is 5.42. The molecule has 0 aliphatic carbocycles. The SMILES string of the molecule is CCCC(=O)Nc1cncc(-c2cc3c(-c4cc5c(-c6ccncc6)ccnc5[nH]4)n[nH]c3cn2)c1. The summed E-state index contributed by atoms with van der Waals surface area (Å²) in [5.74, 6) is -0.0319. The number of amides is 1. The summed E-state index contributed by atoms with van der Waals surface area (Å²) in [5, 5.41) is 12.5. The number of aromatic amines is 2. The molecule has 0 aromatic carbocycles. The van der Waals surface area contributed by atoms with Gasteiger partial charge in [0, 0.05) is 47.5 Å². The quantitative estimate of drug-likeness (QED) is 0.298. The number of carbonyl (C=O) groups is 1. The molecule has 176 valence electrons. The van der Waals surface area contributed by atoms with Crippen molar-refractivity contribution in [3.05, 3.63) is 73.6 Å². The summed E-state index contributed by atoms with van der Waals surface area (Å²) in [6, 6.07) is 11.9. The molecule has 0 fully saturated rings. The van der Waals surface area contributed by atoms with E-state index >= 15 is 0 Å². The number of nitrogens with one attached hydrogen (secondary N) is 3. The normalized spacial score (nSPS) is 11.2. The number of nitrogens with zero attached hydrogens (tertiary/aromatic N) is 5. The minimum absolute atomic E-state index is 0.0319. The number of aromatic nitrogens is 7. The molecule has 0 atom stereocenters. The molecule has 0 unspecified atom stereocenters. The lowest BCUT2D eigenvalue weighted by Crippen LogP contribution is -2.10. The van der Waals surface area contributed by atoms with Gasteiger partial charge in [-0.3, -0.25) is 24.8 Å². The van der Waals surface area contributed by atoms with Crippen molar-refractivity contribution in [1.29, 1.82) is 0 Å². The third-order valence-corrected chi connectivity index (χ3v) is 6.02. The van der Waals surface area contributed by atoms with Crippen molar-refractivity contribution in [2.45, 2.75) is 19.8 Å². The van der Waals surface area contributed by atoms with E-state index in [1.165, 1.54) is 0 Å². The summed E-state index contributed by atoms with van der Waals surface area (Å²) in [4.78, 5) is 33.0. The molecule has 9 heteroatoms. The average molecular weight is 475 g/mol. The van der Waals surface area contributed by atoms with Crippen LogP contribution < -0.4 is 5.32 Å². The molecule has 0 saturated carbocycles. The fourth-order valence-corrected chi connectivity index (χ4v) is 4.32. The average Bonchev–Trinajstić information content (AvgIpc) is 3.53. The molecule has 0 aliphatic rings. The lowest BCUT2D eigenvalue weighted by molar-refractivity contribution is -0.116. The first-order valence-corrected chi connectivity index (χ1v) is 11.7. The number of hydrogen-bond acceptors (Lipinski definition) is 6. The number of H-pyrrole nitrogens is 2. The smallest absolute Gasteiger partial charge is 0.224 e. The molecule has 0 radical (unpaired) electrons. The van der Waals surface area contributed by atoms with Gasteiger partial charge in [0.25, 0.3) is 0 Å². The molecule has 0 bridgehead atoms. The van der Waals surface area contributed by atoms with Crippen molar-refractivity contribution in [2.75, 3.05) is 5.32 Å². The summed E-state index contributed by atoms with van der Waals surface area (Å²) >= 11 is 0.